The Labute approximate surface area is 63.1 Å². The van der Waals surface area contributed by atoms with Crippen molar-refractivity contribution in [2.24, 2.45) is 0 Å². The standard InChI is InChI=1S/C5H7BO3S/c1-4-2-3-10-5(4)9-6(7)8/h2-3,7-8H,1H3. The summed E-state index contributed by atoms with van der Waals surface area (Å²) in [7, 11) is -1.71. The van der Waals surface area contributed by atoms with Crippen LogP contribution in [0, 0.1) is 6.92 Å². The molecule has 1 rings (SSSR count). The van der Waals surface area contributed by atoms with Gasteiger partial charge in [0.2, 0.25) is 0 Å². The van der Waals surface area contributed by atoms with Crippen LogP contribution in [-0.2, 0) is 0 Å². The molecule has 0 aromatic carbocycles. The van der Waals surface area contributed by atoms with Crippen LogP contribution < -0.4 is 4.65 Å². The molecule has 0 saturated carbocycles. The van der Waals surface area contributed by atoms with Gasteiger partial charge in [0.25, 0.3) is 0 Å². The molecule has 2 N–H and O–H groups in total. The van der Waals surface area contributed by atoms with Crippen LogP contribution in [0.1, 0.15) is 5.56 Å². The van der Waals surface area contributed by atoms with Gasteiger partial charge in [0.15, 0.2) is 5.06 Å². The van der Waals surface area contributed by atoms with Gasteiger partial charge >= 0.3 is 7.32 Å². The average molecular weight is 158 g/mol. The van der Waals surface area contributed by atoms with Gasteiger partial charge in [-0.25, -0.2) is 0 Å². The van der Waals surface area contributed by atoms with E-state index in [1.165, 1.54) is 11.3 Å². The van der Waals surface area contributed by atoms with Crippen molar-refractivity contribution < 1.29 is 14.7 Å². The second-order valence-corrected chi connectivity index (χ2v) is 2.71. The fourth-order valence-corrected chi connectivity index (χ4v) is 1.37. The highest BCUT2D eigenvalue weighted by Gasteiger charge is 2.12. The number of aryl methyl sites for hydroxylation is 1. The van der Waals surface area contributed by atoms with E-state index in [-0.39, 0.29) is 0 Å². The molecule has 0 aliphatic carbocycles. The van der Waals surface area contributed by atoms with Gasteiger partial charge in [-0.15, -0.1) is 11.3 Å². The minimum absolute atomic E-state index is 0.551. The first-order chi connectivity index (χ1) is 4.70. The molecule has 0 amide bonds. The highest BCUT2D eigenvalue weighted by molar-refractivity contribution is 7.12. The first-order valence-corrected chi connectivity index (χ1v) is 3.65. The van der Waals surface area contributed by atoms with E-state index in [1.54, 1.807) is 0 Å². The van der Waals surface area contributed by atoms with E-state index in [0.717, 1.165) is 5.56 Å². The van der Waals surface area contributed by atoms with Gasteiger partial charge in [0.05, 0.1) is 0 Å². The van der Waals surface area contributed by atoms with E-state index in [4.69, 9.17) is 10.0 Å². The van der Waals surface area contributed by atoms with Crippen LogP contribution in [-0.4, -0.2) is 17.4 Å². The molecule has 1 aromatic rings. The molecule has 10 heavy (non-hydrogen) atoms. The highest BCUT2D eigenvalue weighted by atomic mass is 32.1. The summed E-state index contributed by atoms with van der Waals surface area (Å²) >= 11 is 1.34. The Hall–Kier alpha value is -0.515. The second-order valence-electron chi connectivity index (χ2n) is 1.84. The van der Waals surface area contributed by atoms with Crippen molar-refractivity contribution in [3.8, 4) is 5.06 Å². The van der Waals surface area contributed by atoms with Gasteiger partial charge in [-0.05, 0) is 18.4 Å². The maximum atomic E-state index is 8.39. The molecule has 0 unspecified atom stereocenters. The Morgan fingerprint density at radius 2 is 2.30 bits per heavy atom. The number of thiophene rings is 1. The van der Waals surface area contributed by atoms with Crippen molar-refractivity contribution in [3.05, 3.63) is 17.0 Å². The fourth-order valence-electron chi connectivity index (χ4n) is 0.575. The summed E-state index contributed by atoms with van der Waals surface area (Å²) < 4.78 is 4.61. The minimum atomic E-state index is -1.71. The predicted molar refractivity (Wildman–Crippen MR) is 39.9 cm³/mol. The lowest BCUT2D eigenvalue weighted by atomic mass is 10.2. The van der Waals surface area contributed by atoms with Crippen molar-refractivity contribution in [1.29, 1.82) is 0 Å². The van der Waals surface area contributed by atoms with E-state index < -0.39 is 7.32 Å². The SMILES string of the molecule is Cc1ccsc1OB(O)O. The Morgan fingerprint density at radius 1 is 1.60 bits per heavy atom. The van der Waals surface area contributed by atoms with Crippen molar-refractivity contribution in [2.75, 3.05) is 0 Å². The largest absolute Gasteiger partial charge is 0.708 e. The van der Waals surface area contributed by atoms with Crippen LogP contribution in [0.4, 0.5) is 0 Å². The maximum absolute atomic E-state index is 8.39. The van der Waals surface area contributed by atoms with Crippen molar-refractivity contribution in [2.45, 2.75) is 6.92 Å². The van der Waals surface area contributed by atoms with Crippen LogP contribution in [0.25, 0.3) is 0 Å². The molecule has 0 aliphatic heterocycles. The third-order valence-electron chi connectivity index (χ3n) is 1.03. The van der Waals surface area contributed by atoms with E-state index >= 15 is 0 Å². The summed E-state index contributed by atoms with van der Waals surface area (Å²) in [5, 5.41) is 19.2. The molecule has 54 valence electrons. The lowest BCUT2D eigenvalue weighted by Crippen LogP contribution is -2.20. The van der Waals surface area contributed by atoms with Crippen LogP contribution in [0.5, 0.6) is 5.06 Å². The van der Waals surface area contributed by atoms with E-state index in [2.05, 4.69) is 4.65 Å². The van der Waals surface area contributed by atoms with Crippen LogP contribution in [0.15, 0.2) is 11.4 Å². The second kappa shape index (κ2) is 3.05. The van der Waals surface area contributed by atoms with Gasteiger partial charge in [-0.1, -0.05) is 0 Å². The molecule has 1 aromatic heterocycles. The molecule has 0 bridgehead atoms. The predicted octanol–water partition coefficient (Wildman–Crippen LogP) is 0.405. The van der Waals surface area contributed by atoms with Gasteiger partial charge in [-0.2, -0.15) is 0 Å². The molecule has 0 radical (unpaired) electrons. The van der Waals surface area contributed by atoms with Crippen LogP contribution >= 0.6 is 11.3 Å². The summed E-state index contributed by atoms with van der Waals surface area (Å²) in [6, 6.07) is 1.85. The lowest BCUT2D eigenvalue weighted by molar-refractivity contribution is 0.291. The Bertz CT molecular complexity index is 210. The highest BCUT2D eigenvalue weighted by Crippen LogP contribution is 2.24. The third-order valence-corrected chi connectivity index (χ3v) is 1.93. The van der Waals surface area contributed by atoms with E-state index in [0.29, 0.717) is 5.06 Å². The summed E-state index contributed by atoms with van der Waals surface area (Å²) in [4.78, 5) is 0. The van der Waals surface area contributed by atoms with Gasteiger partial charge in [0.1, 0.15) is 0 Å². The third kappa shape index (κ3) is 1.73. The first-order valence-electron chi connectivity index (χ1n) is 2.77. The summed E-state index contributed by atoms with van der Waals surface area (Å²) in [5.74, 6) is 0. The van der Waals surface area contributed by atoms with Crippen molar-refractivity contribution in [1.82, 2.24) is 0 Å². The van der Waals surface area contributed by atoms with Crippen LogP contribution in [0.2, 0.25) is 0 Å². The zero-order chi connectivity index (χ0) is 7.56. The Morgan fingerprint density at radius 3 is 2.70 bits per heavy atom. The van der Waals surface area contributed by atoms with Crippen molar-refractivity contribution in [3.63, 3.8) is 0 Å². The topological polar surface area (TPSA) is 49.7 Å². The van der Waals surface area contributed by atoms with E-state index in [1.807, 2.05) is 18.4 Å². The van der Waals surface area contributed by atoms with Gasteiger partial charge in [-0.3, -0.25) is 0 Å². The fraction of sp³-hybridized carbons (Fsp3) is 0.200. The maximum Gasteiger partial charge on any atom is 0.708 e. The van der Waals surface area contributed by atoms with Crippen molar-refractivity contribution >= 4 is 18.7 Å². The molecule has 5 heteroatoms. The average Bonchev–Trinajstić information content (AvgIpc) is 2.15. The molecular weight excluding hydrogens is 151 g/mol. The number of rotatable bonds is 2. The molecule has 0 aliphatic rings. The molecule has 3 nitrogen and oxygen atoms in total. The Balaban J connectivity index is 2.65. The number of hydrogen-bond acceptors (Lipinski definition) is 4. The monoisotopic (exact) mass is 158 g/mol. The molecule has 0 fully saturated rings. The molecule has 1 heterocycles. The normalized spacial score (nSPS) is 9.50. The van der Waals surface area contributed by atoms with Crippen LogP contribution in [0.3, 0.4) is 0 Å². The summed E-state index contributed by atoms with van der Waals surface area (Å²) in [6.07, 6.45) is 0. The molecule has 0 spiro atoms. The summed E-state index contributed by atoms with van der Waals surface area (Å²) in [5.41, 5.74) is 0.915. The zero-order valence-electron chi connectivity index (χ0n) is 5.44. The molecule has 0 saturated heterocycles. The smallest absolute Gasteiger partial charge is 0.504 e. The summed E-state index contributed by atoms with van der Waals surface area (Å²) in [6.45, 7) is 1.84. The number of hydrogen-bond donors (Lipinski definition) is 2. The van der Waals surface area contributed by atoms with E-state index in [9.17, 15) is 0 Å². The molecular formula is C5H7BO3S. The first kappa shape index (κ1) is 7.59. The van der Waals surface area contributed by atoms with Gasteiger partial charge in [0, 0.05) is 5.56 Å². The minimum Gasteiger partial charge on any atom is -0.504 e. The quantitative estimate of drug-likeness (QED) is 0.612. The lowest BCUT2D eigenvalue weighted by Gasteiger charge is -2.00. The Kier molecular flexibility index (Phi) is 2.31. The van der Waals surface area contributed by atoms with Gasteiger partial charge < -0.3 is 14.7 Å². The zero-order valence-corrected chi connectivity index (χ0v) is 6.26. The molecule has 0 atom stereocenters.